The SMILES string of the molecule is COCCOCCOCCOC(=O)c1cccc(-n2cc(-c3cncc(-c4cn(-c5cccc(C(=O)OCCOCCOCCOC)c5)nn4)c3)nn2)c1. The molecule has 0 aliphatic rings. The second kappa shape index (κ2) is 21.9. The van der Waals surface area contributed by atoms with Gasteiger partial charge in [0.05, 0.1) is 101 Å². The molecule has 0 fully saturated rings. The van der Waals surface area contributed by atoms with E-state index in [4.69, 9.17) is 37.9 Å². The number of ether oxygens (including phenoxy) is 8. The molecule has 0 saturated carbocycles. The molecule has 3 heterocycles. The van der Waals surface area contributed by atoms with Crippen molar-refractivity contribution >= 4 is 11.9 Å². The van der Waals surface area contributed by atoms with Gasteiger partial charge in [0.15, 0.2) is 0 Å². The maximum Gasteiger partial charge on any atom is 0.338 e. The molecule has 0 atom stereocenters. The fourth-order valence-electron chi connectivity index (χ4n) is 4.80. The van der Waals surface area contributed by atoms with E-state index in [9.17, 15) is 9.59 Å². The molecule has 0 bridgehead atoms. The molecule has 2 aromatic carbocycles. The molecule has 0 aliphatic carbocycles. The van der Waals surface area contributed by atoms with E-state index in [0.717, 1.165) is 0 Å². The van der Waals surface area contributed by atoms with Gasteiger partial charge in [0.1, 0.15) is 24.6 Å². The standard InChI is InChI=1S/C37H43N7O10/c1-47-9-11-49-13-15-51-17-19-53-36(45)28-5-3-7-32(22-28)43-26-34(39-41-43)30-21-31(25-38-24-30)35-27-44(42-40-35)33-8-4-6-29(23-33)37(46)54-20-18-52-16-14-50-12-10-48-2/h3-8,21-27H,9-20H2,1-2H3. The Hall–Kier alpha value is -5.43. The third-order valence-corrected chi connectivity index (χ3v) is 7.54. The Bertz CT molecular complexity index is 1770. The van der Waals surface area contributed by atoms with Crippen LogP contribution in [-0.2, 0) is 37.9 Å². The van der Waals surface area contributed by atoms with Gasteiger partial charge < -0.3 is 37.9 Å². The molecule has 0 saturated heterocycles. The van der Waals surface area contributed by atoms with Gasteiger partial charge in [0.2, 0.25) is 0 Å². The maximum absolute atomic E-state index is 12.7. The van der Waals surface area contributed by atoms with Crippen molar-refractivity contribution < 1.29 is 47.5 Å². The lowest BCUT2D eigenvalue weighted by atomic mass is 10.1. The van der Waals surface area contributed by atoms with Crippen LogP contribution in [0.5, 0.6) is 0 Å². The molecule has 54 heavy (non-hydrogen) atoms. The van der Waals surface area contributed by atoms with Crippen LogP contribution in [0.25, 0.3) is 33.9 Å². The number of hydrogen-bond donors (Lipinski definition) is 0. The quantitative estimate of drug-likeness (QED) is 0.0663. The highest BCUT2D eigenvalue weighted by atomic mass is 16.6. The van der Waals surface area contributed by atoms with Gasteiger partial charge in [-0.1, -0.05) is 22.6 Å². The molecule has 0 spiro atoms. The normalized spacial score (nSPS) is 11.1. The molecular formula is C37H43N7O10. The molecule has 3 aromatic heterocycles. The van der Waals surface area contributed by atoms with Gasteiger partial charge in [0, 0.05) is 37.7 Å². The third-order valence-electron chi connectivity index (χ3n) is 7.54. The van der Waals surface area contributed by atoms with Crippen molar-refractivity contribution in [1.82, 2.24) is 35.0 Å². The van der Waals surface area contributed by atoms with Crippen LogP contribution in [0.3, 0.4) is 0 Å². The van der Waals surface area contributed by atoms with Crippen molar-refractivity contribution in [1.29, 1.82) is 0 Å². The molecule has 0 radical (unpaired) electrons. The minimum atomic E-state index is -0.480. The smallest absolute Gasteiger partial charge is 0.338 e. The zero-order chi connectivity index (χ0) is 37.8. The second-order valence-electron chi connectivity index (χ2n) is 11.4. The van der Waals surface area contributed by atoms with Crippen LogP contribution in [0, 0.1) is 0 Å². The average Bonchev–Trinajstić information content (AvgIpc) is 3.92. The predicted molar refractivity (Wildman–Crippen MR) is 193 cm³/mol. The van der Waals surface area contributed by atoms with Crippen molar-refractivity contribution in [3.8, 4) is 33.9 Å². The highest BCUT2D eigenvalue weighted by Gasteiger charge is 2.14. The summed E-state index contributed by atoms with van der Waals surface area (Å²) in [5, 5.41) is 17.2. The van der Waals surface area contributed by atoms with E-state index in [-0.39, 0.29) is 26.4 Å². The molecule has 5 rings (SSSR count). The minimum absolute atomic E-state index is 0.108. The number of carbonyl (C=O) groups is 2. The highest BCUT2D eigenvalue weighted by molar-refractivity contribution is 5.90. The van der Waals surface area contributed by atoms with E-state index in [0.29, 0.717) is 97.9 Å². The molecule has 17 heteroatoms. The topological polar surface area (TPSA) is 182 Å². The Morgan fingerprint density at radius 3 is 1.37 bits per heavy atom. The van der Waals surface area contributed by atoms with Crippen LogP contribution in [0.2, 0.25) is 0 Å². The van der Waals surface area contributed by atoms with Gasteiger partial charge in [-0.15, -0.1) is 10.2 Å². The lowest BCUT2D eigenvalue weighted by molar-refractivity contribution is 0.00552. The summed E-state index contributed by atoms with van der Waals surface area (Å²) in [7, 11) is 3.22. The van der Waals surface area contributed by atoms with E-state index in [1.54, 1.807) is 84.8 Å². The van der Waals surface area contributed by atoms with Crippen molar-refractivity contribution in [3.63, 3.8) is 0 Å². The Morgan fingerprint density at radius 1 is 0.537 bits per heavy atom. The van der Waals surface area contributed by atoms with Gasteiger partial charge in [-0.25, -0.2) is 19.0 Å². The number of benzene rings is 2. The van der Waals surface area contributed by atoms with Crippen molar-refractivity contribution in [2.45, 2.75) is 0 Å². The number of nitrogens with zero attached hydrogens (tertiary/aromatic N) is 7. The predicted octanol–water partition coefficient (Wildman–Crippen LogP) is 3.25. The van der Waals surface area contributed by atoms with Crippen LogP contribution >= 0.6 is 0 Å². The van der Waals surface area contributed by atoms with E-state index >= 15 is 0 Å². The van der Waals surface area contributed by atoms with E-state index in [1.807, 2.05) is 18.2 Å². The van der Waals surface area contributed by atoms with Crippen molar-refractivity contribution in [2.75, 3.05) is 93.5 Å². The summed E-state index contributed by atoms with van der Waals surface area (Å²) in [6.45, 7) is 4.42. The number of carbonyl (C=O) groups excluding carboxylic acids is 2. The first-order valence-corrected chi connectivity index (χ1v) is 17.2. The fourth-order valence-corrected chi connectivity index (χ4v) is 4.80. The van der Waals surface area contributed by atoms with Crippen LogP contribution in [0.15, 0.2) is 79.4 Å². The molecule has 0 unspecified atom stereocenters. The Balaban J connectivity index is 1.13. The zero-order valence-corrected chi connectivity index (χ0v) is 30.2. The molecule has 0 N–H and O–H groups in total. The minimum Gasteiger partial charge on any atom is -0.460 e. The Labute approximate surface area is 312 Å². The van der Waals surface area contributed by atoms with Crippen LogP contribution in [0.4, 0.5) is 0 Å². The lowest BCUT2D eigenvalue weighted by Gasteiger charge is -2.08. The molecule has 286 valence electrons. The van der Waals surface area contributed by atoms with Gasteiger partial charge in [0.25, 0.3) is 0 Å². The van der Waals surface area contributed by atoms with Crippen LogP contribution in [-0.4, -0.2) is 140 Å². The largest absolute Gasteiger partial charge is 0.460 e. The van der Waals surface area contributed by atoms with Gasteiger partial charge in [-0.3, -0.25) is 4.98 Å². The molecular weight excluding hydrogens is 702 g/mol. The average molecular weight is 746 g/mol. The fraction of sp³-hybridized carbons (Fsp3) is 0.378. The molecule has 17 nitrogen and oxygen atoms in total. The van der Waals surface area contributed by atoms with Gasteiger partial charge in [-0.05, 0) is 42.5 Å². The molecule has 0 aliphatic heterocycles. The van der Waals surface area contributed by atoms with Crippen LogP contribution < -0.4 is 0 Å². The van der Waals surface area contributed by atoms with Crippen molar-refractivity contribution in [3.05, 3.63) is 90.5 Å². The monoisotopic (exact) mass is 745 g/mol. The number of pyridine rings is 1. The van der Waals surface area contributed by atoms with E-state index < -0.39 is 11.9 Å². The number of hydrogen-bond acceptors (Lipinski definition) is 15. The first kappa shape index (κ1) is 39.8. The number of aromatic nitrogens is 7. The molecule has 5 aromatic rings. The first-order chi connectivity index (χ1) is 26.6. The van der Waals surface area contributed by atoms with Gasteiger partial charge in [-0.2, -0.15) is 0 Å². The maximum atomic E-state index is 12.7. The summed E-state index contributed by atoms with van der Waals surface area (Å²) in [6.07, 6.45) is 6.81. The van der Waals surface area contributed by atoms with Crippen molar-refractivity contribution in [2.24, 2.45) is 0 Å². The Morgan fingerprint density at radius 2 is 0.944 bits per heavy atom. The summed E-state index contributed by atoms with van der Waals surface area (Å²) >= 11 is 0. The Kier molecular flexibility index (Phi) is 16.2. The van der Waals surface area contributed by atoms with E-state index in [2.05, 4.69) is 25.6 Å². The first-order valence-electron chi connectivity index (χ1n) is 17.2. The number of methoxy groups -OCH3 is 2. The summed E-state index contributed by atoms with van der Waals surface area (Å²) < 4.78 is 45.2. The highest BCUT2D eigenvalue weighted by Crippen LogP contribution is 2.24. The number of esters is 2. The summed E-state index contributed by atoms with van der Waals surface area (Å²) in [5.74, 6) is -0.961. The number of rotatable bonds is 24. The zero-order valence-electron chi connectivity index (χ0n) is 30.2. The van der Waals surface area contributed by atoms with Gasteiger partial charge >= 0.3 is 11.9 Å². The second-order valence-corrected chi connectivity index (χ2v) is 11.4. The summed E-state index contributed by atoms with van der Waals surface area (Å²) in [5.41, 5.74) is 4.48. The molecule has 0 amide bonds. The summed E-state index contributed by atoms with van der Waals surface area (Å²) in [4.78, 5) is 29.7. The van der Waals surface area contributed by atoms with Crippen LogP contribution in [0.1, 0.15) is 20.7 Å². The lowest BCUT2D eigenvalue weighted by Crippen LogP contribution is -2.14. The third kappa shape index (κ3) is 12.3. The summed E-state index contributed by atoms with van der Waals surface area (Å²) in [6, 6.07) is 15.6. The van der Waals surface area contributed by atoms with E-state index in [1.165, 1.54) is 0 Å².